The van der Waals surface area contributed by atoms with Gasteiger partial charge in [0.15, 0.2) is 5.82 Å². The van der Waals surface area contributed by atoms with Crippen molar-refractivity contribution >= 4 is 0 Å². The summed E-state index contributed by atoms with van der Waals surface area (Å²) in [5.74, 6) is 1.41. The zero-order valence-electron chi connectivity index (χ0n) is 14.3. The van der Waals surface area contributed by atoms with Crippen LogP contribution < -0.4 is 0 Å². The predicted octanol–water partition coefficient (Wildman–Crippen LogP) is 1.99. The first kappa shape index (κ1) is 15.1. The summed E-state index contributed by atoms with van der Waals surface area (Å²) < 4.78 is 14.5. The van der Waals surface area contributed by atoms with Crippen LogP contribution in [0, 0.1) is 13.8 Å². The molecular weight excluding hydrogens is 308 g/mol. The molecule has 3 aromatic rings. The first-order valence-electron chi connectivity index (χ1n) is 8.01. The van der Waals surface area contributed by atoms with Crippen LogP contribution in [0.3, 0.4) is 0 Å². The van der Waals surface area contributed by atoms with Crippen LogP contribution in [0.5, 0.6) is 0 Å². The van der Waals surface area contributed by atoms with Gasteiger partial charge in [0.1, 0.15) is 5.69 Å². The number of rotatable bonds is 3. The average Bonchev–Trinajstić information content (AvgIpc) is 3.28. The van der Waals surface area contributed by atoms with E-state index in [-0.39, 0.29) is 5.92 Å². The number of ether oxygens (including phenoxy) is 1. The normalized spacial score (nSPS) is 17.8. The van der Waals surface area contributed by atoms with E-state index in [1.807, 2.05) is 38.7 Å². The second-order valence-electron chi connectivity index (χ2n) is 6.23. The SMILES string of the molecule is Cc1nn(C)c(C)c1-c1cc(-c2nc([C@@H]3CCOC3)no2)n(C)n1. The minimum atomic E-state index is 0.220. The molecule has 0 amide bonds. The molecular formula is C16H20N6O2. The van der Waals surface area contributed by atoms with Gasteiger partial charge in [0, 0.05) is 37.9 Å². The fourth-order valence-corrected chi connectivity index (χ4v) is 3.18. The van der Waals surface area contributed by atoms with Crippen molar-refractivity contribution < 1.29 is 9.26 Å². The number of hydrogen-bond acceptors (Lipinski definition) is 6. The maximum absolute atomic E-state index is 5.46. The second-order valence-corrected chi connectivity index (χ2v) is 6.23. The molecule has 1 saturated heterocycles. The molecule has 8 heteroatoms. The Morgan fingerprint density at radius 1 is 1.17 bits per heavy atom. The van der Waals surface area contributed by atoms with Crippen molar-refractivity contribution in [3.8, 4) is 22.8 Å². The van der Waals surface area contributed by atoms with Crippen molar-refractivity contribution in [2.75, 3.05) is 13.2 Å². The summed E-state index contributed by atoms with van der Waals surface area (Å²) in [5.41, 5.74) is 4.73. The molecule has 0 saturated carbocycles. The van der Waals surface area contributed by atoms with E-state index in [9.17, 15) is 0 Å². The maximum Gasteiger partial charge on any atom is 0.276 e. The van der Waals surface area contributed by atoms with Gasteiger partial charge >= 0.3 is 0 Å². The lowest BCUT2D eigenvalue weighted by molar-refractivity contribution is 0.192. The molecule has 1 fully saturated rings. The highest BCUT2D eigenvalue weighted by molar-refractivity contribution is 5.68. The second kappa shape index (κ2) is 5.55. The summed E-state index contributed by atoms with van der Waals surface area (Å²) in [5, 5.41) is 13.2. The van der Waals surface area contributed by atoms with Crippen molar-refractivity contribution in [3.05, 3.63) is 23.3 Å². The van der Waals surface area contributed by atoms with Gasteiger partial charge in [0.05, 0.1) is 18.0 Å². The van der Waals surface area contributed by atoms with Crippen LogP contribution in [0.1, 0.15) is 29.6 Å². The Morgan fingerprint density at radius 2 is 2.00 bits per heavy atom. The quantitative estimate of drug-likeness (QED) is 0.731. The third-order valence-electron chi connectivity index (χ3n) is 4.60. The molecule has 8 nitrogen and oxygen atoms in total. The van der Waals surface area contributed by atoms with Crippen molar-refractivity contribution in [1.82, 2.24) is 29.7 Å². The van der Waals surface area contributed by atoms with E-state index in [4.69, 9.17) is 9.26 Å². The lowest BCUT2D eigenvalue weighted by atomic mass is 10.1. The number of aryl methyl sites for hydroxylation is 3. The maximum atomic E-state index is 5.46. The van der Waals surface area contributed by atoms with Crippen LogP contribution in [0.25, 0.3) is 22.8 Å². The van der Waals surface area contributed by atoms with Gasteiger partial charge < -0.3 is 9.26 Å². The number of nitrogens with zero attached hydrogens (tertiary/aromatic N) is 6. The van der Waals surface area contributed by atoms with E-state index in [0.29, 0.717) is 18.3 Å². The van der Waals surface area contributed by atoms with E-state index < -0.39 is 0 Å². The number of aromatic nitrogens is 6. The number of hydrogen-bond donors (Lipinski definition) is 0. The highest BCUT2D eigenvalue weighted by Gasteiger charge is 2.25. The van der Waals surface area contributed by atoms with E-state index in [0.717, 1.165) is 41.4 Å². The van der Waals surface area contributed by atoms with Crippen molar-refractivity contribution in [2.24, 2.45) is 14.1 Å². The Hall–Kier alpha value is -2.48. The van der Waals surface area contributed by atoms with Crippen molar-refractivity contribution in [2.45, 2.75) is 26.2 Å². The van der Waals surface area contributed by atoms with Crippen LogP contribution in [-0.2, 0) is 18.8 Å². The smallest absolute Gasteiger partial charge is 0.276 e. The average molecular weight is 328 g/mol. The fourth-order valence-electron chi connectivity index (χ4n) is 3.18. The van der Waals surface area contributed by atoms with Crippen LogP contribution in [-0.4, -0.2) is 42.9 Å². The molecule has 24 heavy (non-hydrogen) atoms. The predicted molar refractivity (Wildman–Crippen MR) is 86.4 cm³/mol. The van der Waals surface area contributed by atoms with Gasteiger partial charge in [0.2, 0.25) is 0 Å². The molecule has 0 bridgehead atoms. The molecule has 1 atom stereocenters. The first-order valence-corrected chi connectivity index (χ1v) is 8.01. The van der Waals surface area contributed by atoms with Gasteiger partial charge in [-0.15, -0.1) is 0 Å². The van der Waals surface area contributed by atoms with Crippen LogP contribution in [0.2, 0.25) is 0 Å². The van der Waals surface area contributed by atoms with Crippen LogP contribution >= 0.6 is 0 Å². The van der Waals surface area contributed by atoms with Gasteiger partial charge in [-0.25, -0.2) is 0 Å². The highest BCUT2D eigenvalue weighted by atomic mass is 16.5. The molecule has 0 radical (unpaired) electrons. The summed E-state index contributed by atoms with van der Waals surface area (Å²) >= 11 is 0. The van der Waals surface area contributed by atoms with Gasteiger partial charge in [0.25, 0.3) is 5.89 Å². The van der Waals surface area contributed by atoms with E-state index in [2.05, 4.69) is 20.3 Å². The lowest BCUT2D eigenvalue weighted by Crippen LogP contribution is -2.00. The third kappa shape index (κ3) is 2.34. The molecule has 0 N–H and O–H groups in total. The Morgan fingerprint density at radius 3 is 2.67 bits per heavy atom. The molecule has 126 valence electrons. The Bertz CT molecular complexity index is 885. The molecule has 1 aliphatic rings. The topological polar surface area (TPSA) is 83.8 Å². The Labute approximate surface area is 139 Å². The van der Waals surface area contributed by atoms with E-state index in [1.54, 1.807) is 4.68 Å². The molecule has 4 rings (SSSR count). The standard InChI is InChI=1S/C16H20N6O2/c1-9-14(10(2)21(3)18-9)12-7-13(22(4)19-12)16-17-15(20-24-16)11-5-6-23-8-11/h7,11H,5-6,8H2,1-4H3/t11-/m1/s1. The van der Waals surface area contributed by atoms with Crippen LogP contribution in [0.15, 0.2) is 10.6 Å². The monoisotopic (exact) mass is 328 g/mol. The highest BCUT2D eigenvalue weighted by Crippen LogP contribution is 2.30. The Balaban J connectivity index is 1.71. The van der Waals surface area contributed by atoms with Gasteiger partial charge in [-0.3, -0.25) is 9.36 Å². The largest absolute Gasteiger partial charge is 0.381 e. The zero-order chi connectivity index (χ0) is 16.8. The minimum absolute atomic E-state index is 0.220. The summed E-state index contributed by atoms with van der Waals surface area (Å²) in [6.07, 6.45) is 0.934. The fraction of sp³-hybridized carbons (Fsp3) is 0.500. The third-order valence-corrected chi connectivity index (χ3v) is 4.60. The Kier molecular flexibility index (Phi) is 3.49. The van der Waals surface area contributed by atoms with E-state index >= 15 is 0 Å². The molecule has 1 aliphatic heterocycles. The molecule has 0 aliphatic carbocycles. The molecule has 0 spiro atoms. The molecule has 3 aromatic heterocycles. The van der Waals surface area contributed by atoms with Gasteiger partial charge in [-0.05, 0) is 26.3 Å². The molecule has 0 aromatic carbocycles. The van der Waals surface area contributed by atoms with Crippen molar-refractivity contribution in [1.29, 1.82) is 0 Å². The molecule has 4 heterocycles. The molecule has 0 unspecified atom stereocenters. The summed E-state index contributed by atoms with van der Waals surface area (Å²) in [6.45, 7) is 5.43. The van der Waals surface area contributed by atoms with E-state index in [1.165, 1.54) is 0 Å². The zero-order valence-corrected chi connectivity index (χ0v) is 14.3. The summed E-state index contributed by atoms with van der Waals surface area (Å²) in [7, 11) is 3.81. The minimum Gasteiger partial charge on any atom is -0.381 e. The first-order chi connectivity index (χ1) is 11.5. The van der Waals surface area contributed by atoms with Gasteiger partial charge in [-0.1, -0.05) is 5.16 Å². The van der Waals surface area contributed by atoms with Crippen molar-refractivity contribution in [3.63, 3.8) is 0 Å². The van der Waals surface area contributed by atoms with Crippen LogP contribution in [0.4, 0.5) is 0 Å². The summed E-state index contributed by atoms with van der Waals surface area (Å²) in [4.78, 5) is 4.54. The lowest BCUT2D eigenvalue weighted by Gasteiger charge is -1.97. The summed E-state index contributed by atoms with van der Waals surface area (Å²) in [6, 6.07) is 1.97. The van der Waals surface area contributed by atoms with Gasteiger partial charge in [-0.2, -0.15) is 15.2 Å².